The van der Waals surface area contributed by atoms with Crippen LogP contribution in [0.15, 0.2) is 0 Å². The largest absolute Gasteiger partial charge is 0.451 e. The summed E-state index contributed by atoms with van der Waals surface area (Å²) in [6.45, 7) is 1.44. The molecule has 0 aliphatic rings. The standard InChI is InChI=1S/C6H8F4O3/c1-3-12-5(2,7)4(11)6(8,9)13-10/h3H2,1-2H3. The lowest BCUT2D eigenvalue weighted by Crippen LogP contribution is -2.45. The molecule has 0 rings (SSSR count). The number of rotatable bonds is 5. The number of hydrogen-bond donors (Lipinski definition) is 0. The van der Waals surface area contributed by atoms with Crippen molar-refractivity contribution in [2.45, 2.75) is 25.8 Å². The molecule has 0 bridgehead atoms. The van der Waals surface area contributed by atoms with Crippen LogP contribution < -0.4 is 0 Å². The zero-order chi connectivity index (χ0) is 10.7. The summed E-state index contributed by atoms with van der Waals surface area (Å²) in [4.78, 5) is 12.5. The normalized spacial score (nSPS) is 16.8. The Morgan fingerprint density at radius 2 is 1.85 bits per heavy atom. The van der Waals surface area contributed by atoms with Crippen LogP contribution in [0.1, 0.15) is 13.8 Å². The summed E-state index contributed by atoms with van der Waals surface area (Å²) in [6, 6.07) is 0. The van der Waals surface area contributed by atoms with E-state index in [2.05, 4.69) is 4.74 Å². The number of ketones is 1. The fourth-order valence-corrected chi connectivity index (χ4v) is 0.632. The van der Waals surface area contributed by atoms with Crippen molar-refractivity contribution in [3.05, 3.63) is 0 Å². The monoisotopic (exact) mass is 204 g/mol. The molecule has 0 aromatic heterocycles. The van der Waals surface area contributed by atoms with Crippen LogP contribution in [0.4, 0.5) is 17.7 Å². The minimum Gasteiger partial charge on any atom is -0.340 e. The van der Waals surface area contributed by atoms with Crippen molar-refractivity contribution in [3.8, 4) is 0 Å². The van der Waals surface area contributed by atoms with Crippen LogP contribution in [-0.2, 0) is 14.5 Å². The molecular formula is C6H8F4O3. The van der Waals surface area contributed by atoms with Gasteiger partial charge >= 0.3 is 6.11 Å². The summed E-state index contributed by atoms with van der Waals surface area (Å²) in [5.41, 5.74) is 0. The molecule has 0 amide bonds. The lowest BCUT2D eigenvalue weighted by Gasteiger charge is -2.21. The van der Waals surface area contributed by atoms with Crippen LogP contribution in [0.25, 0.3) is 0 Å². The first-order chi connectivity index (χ1) is 5.78. The molecule has 0 heterocycles. The number of carbonyl (C=O) groups is 1. The molecule has 3 nitrogen and oxygen atoms in total. The van der Waals surface area contributed by atoms with Gasteiger partial charge in [-0.05, 0) is 11.4 Å². The summed E-state index contributed by atoms with van der Waals surface area (Å²) in [5, 5.41) is 0. The molecule has 78 valence electrons. The second-order valence-electron chi connectivity index (χ2n) is 2.27. The quantitative estimate of drug-likeness (QED) is 0.640. The predicted octanol–water partition coefficient (Wildman–Crippen LogP) is 1.77. The Hall–Kier alpha value is -0.690. The first-order valence-corrected chi connectivity index (χ1v) is 3.33. The van der Waals surface area contributed by atoms with Gasteiger partial charge in [-0.1, -0.05) is 0 Å². The van der Waals surface area contributed by atoms with Gasteiger partial charge in [0.2, 0.25) is 0 Å². The van der Waals surface area contributed by atoms with Gasteiger partial charge < -0.3 is 4.74 Å². The summed E-state index contributed by atoms with van der Waals surface area (Å²) in [6.07, 6.45) is -4.82. The van der Waals surface area contributed by atoms with Crippen molar-refractivity contribution in [1.82, 2.24) is 0 Å². The van der Waals surface area contributed by atoms with Crippen LogP contribution in [-0.4, -0.2) is 24.4 Å². The lowest BCUT2D eigenvalue weighted by molar-refractivity contribution is -0.341. The van der Waals surface area contributed by atoms with E-state index < -0.39 is 17.7 Å². The van der Waals surface area contributed by atoms with Crippen molar-refractivity contribution < 1.29 is 32.2 Å². The highest BCUT2D eigenvalue weighted by Crippen LogP contribution is 2.27. The number of halogens is 4. The Bertz CT molecular complexity index is 192. The van der Waals surface area contributed by atoms with Gasteiger partial charge in [0, 0.05) is 13.5 Å². The van der Waals surface area contributed by atoms with Crippen molar-refractivity contribution in [2.75, 3.05) is 6.61 Å². The first kappa shape index (κ1) is 12.3. The minimum absolute atomic E-state index is 0.304. The summed E-state index contributed by atoms with van der Waals surface area (Å²) in [7, 11) is 0. The first-order valence-electron chi connectivity index (χ1n) is 3.33. The van der Waals surface area contributed by atoms with E-state index in [4.69, 9.17) is 0 Å². The summed E-state index contributed by atoms with van der Waals surface area (Å²) >= 11 is 0. The maximum atomic E-state index is 12.9. The van der Waals surface area contributed by atoms with E-state index in [1.54, 1.807) is 0 Å². The second-order valence-corrected chi connectivity index (χ2v) is 2.27. The zero-order valence-electron chi connectivity index (χ0n) is 6.94. The average molecular weight is 204 g/mol. The van der Waals surface area contributed by atoms with Gasteiger partial charge in [0.1, 0.15) is 0 Å². The Morgan fingerprint density at radius 3 is 2.15 bits per heavy atom. The van der Waals surface area contributed by atoms with E-state index in [9.17, 15) is 22.5 Å². The maximum Gasteiger partial charge on any atom is 0.451 e. The molecule has 0 N–H and O–H groups in total. The van der Waals surface area contributed by atoms with Crippen LogP contribution >= 0.6 is 0 Å². The van der Waals surface area contributed by atoms with Crippen molar-refractivity contribution >= 4 is 5.78 Å². The minimum atomic E-state index is -4.82. The molecule has 0 aliphatic heterocycles. The van der Waals surface area contributed by atoms with Gasteiger partial charge in [0.25, 0.3) is 11.6 Å². The van der Waals surface area contributed by atoms with Gasteiger partial charge in [0.05, 0.1) is 0 Å². The maximum absolute atomic E-state index is 12.9. The highest BCUT2D eigenvalue weighted by molar-refractivity contribution is 5.90. The van der Waals surface area contributed by atoms with Crippen LogP contribution in [0, 0.1) is 0 Å². The lowest BCUT2D eigenvalue weighted by atomic mass is 10.2. The highest BCUT2D eigenvalue weighted by Gasteiger charge is 2.53. The molecular weight excluding hydrogens is 196 g/mol. The number of ether oxygens (including phenoxy) is 1. The number of carbonyl (C=O) groups excluding carboxylic acids is 1. The molecule has 0 aromatic carbocycles. The van der Waals surface area contributed by atoms with E-state index in [1.807, 2.05) is 4.94 Å². The topological polar surface area (TPSA) is 35.5 Å². The molecule has 1 atom stereocenters. The third-order valence-corrected chi connectivity index (χ3v) is 1.18. The van der Waals surface area contributed by atoms with Crippen LogP contribution in [0.3, 0.4) is 0 Å². The molecule has 0 saturated heterocycles. The van der Waals surface area contributed by atoms with E-state index in [0.29, 0.717) is 6.92 Å². The van der Waals surface area contributed by atoms with Gasteiger partial charge in [-0.15, -0.1) is 4.94 Å². The van der Waals surface area contributed by atoms with E-state index in [-0.39, 0.29) is 6.61 Å². The van der Waals surface area contributed by atoms with Crippen LogP contribution in [0.2, 0.25) is 0 Å². The summed E-state index contributed by atoms with van der Waals surface area (Å²) in [5.74, 6) is -5.67. The van der Waals surface area contributed by atoms with Crippen molar-refractivity contribution in [2.24, 2.45) is 0 Å². The molecule has 0 radical (unpaired) electrons. The second kappa shape index (κ2) is 4.01. The molecule has 0 saturated carbocycles. The SMILES string of the molecule is CCOC(C)(F)C(=O)C(F)(F)OF. The number of alkyl halides is 3. The van der Waals surface area contributed by atoms with Gasteiger partial charge in [-0.2, -0.15) is 8.78 Å². The molecule has 0 spiro atoms. The van der Waals surface area contributed by atoms with E-state index in [1.165, 1.54) is 6.92 Å². The van der Waals surface area contributed by atoms with Crippen LogP contribution in [0.5, 0.6) is 0 Å². The highest BCUT2D eigenvalue weighted by atomic mass is 19.4. The molecule has 7 heteroatoms. The predicted molar refractivity (Wildman–Crippen MR) is 33.3 cm³/mol. The number of hydrogen-bond acceptors (Lipinski definition) is 3. The zero-order valence-corrected chi connectivity index (χ0v) is 6.94. The average Bonchev–Trinajstić information content (AvgIpc) is 2.03. The van der Waals surface area contributed by atoms with Crippen molar-refractivity contribution in [1.29, 1.82) is 0 Å². The molecule has 13 heavy (non-hydrogen) atoms. The summed E-state index contributed by atoms with van der Waals surface area (Å²) < 4.78 is 52.2. The Morgan fingerprint density at radius 1 is 1.38 bits per heavy atom. The van der Waals surface area contributed by atoms with Gasteiger partial charge in [-0.25, -0.2) is 4.39 Å². The third-order valence-electron chi connectivity index (χ3n) is 1.18. The Balaban J connectivity index is 4.58. The fraction of sp³-hybridized carbons (Fsp3) is 0.833. The van der Waals surface area contributed by atoms with Gasteiger partial charge in [-0.3, -0.25) is 4.79 Å². The third kappa shape index (κ3) is 2.92. The van der Waals surface area contributed by atoms with E-state index >= 15 is 0 Å². The van der Waals surface area contributed by atoms with Gasteiger partial charge in [0.15, 0.2) is 0 Å². The molecule has 0 aromatic rings. The van der Waals surface area contributed by atoms with Crippen molar-refractivity contribution in [3.63, 3.8) is 0 Å². The fourth-order valence-electron chi connectivity index (χ4n) is 0.632. The smallest absolute Gasteiger partial charge is 0.340 e. The number of Topliss-reactive ketones (excluding diaryl/α,β-unsaturated/α-hetero) is 1. The Labute approximate surface area is 71.5 Å². The Kier molecular flexibility index (Phi) is 3.80. The molecule has 0 aliphatic carbocycles. The van der Waals surface area contributed by atoms with E-state index in [0.717, 1.165) is 0 Å². The molecule has 1 unspecified atom stereocenters. The molecule has 0 fully saturated rings.